The molecule has 8 heavy (non-hydrogen) atoms. The molecule has 0 unspecified atom stereocenters. The third kappa shape index (κ3) is 5.85. The van der Waals surface area contributed by atoms with Crippen LogP contribution in [0.2, 0.25) is 0 Å². The Morgan fingerprint density at radius 2 is 2.38 bits per heavy atom. The zero-order valence-electron chi connectivity index (χ0n) is 5.02. The van der Waals surface area contributed by atoms with Crippen LogP contribution in [0.25, 0.3) is 0 Å². The summed E-state index contributed by atoms with van der Waals surface area (Å²) in [5.41, 5.74) is 0. The fraction of sp³-hybridized carbons (Fsp3) is 1.00. The van der Waals surface area contributed by atoms with Gasteiger partial charge in [0.05, 0.1) is 6.10 Å². The van der Waals surface area contributed by atoms with Crippen molar-refractivity contribution >= 4 is 0 Å². The standard InChI is InChI=1S/C5H12FNO/c1-5(8)4-7-3-2-6/h5,7-8H,2-4H2,1H3/t5-/m0/s1. The van der Waals surface area contributed by atoms with Gasteiger partial charge in [-0.25, -0.2) is 4.39 Å². The van der Waals surface area contributed by atoms with Gasteiger partial charge in [-0.1, -0.05) is 0 Å². The molecule has 0 spiro atoms. The Morgan fingerprint density at radius 1 is 1.75 bits per heavy atom. The molecule has 0 radical (unpaired) electrons. The lowest BCUT2D eigenvalue weighted by molar-refractivity contribution is 0.190. The van der Waals surface area contributed by atoms with E-state index in [4.69, 9.17) is 5.11 Å². The number of aliphatic hydroxyl groups is 1. The molecule has 0 aromatic rings. The molecule has 0 amide bonds. The summed E-state index contributed by atoms with van der Waals surface area (Å²) in [5, 5.41) is 11.3. The molecule has 2 N–H and O–H groups in total. The molecule has 1 atom stereocenters. The Hall–Kier alpha value is -0.150. The summed E-state index contributed by atoms with van der Waals surface area (Å²) in [6, 6.07) is 0. The second kappa shape index (κ2) is 5.00. The van der Waals surface area contributed by atoms with E-state index in [9.17, 15) is 4.39 Å². The highest BCUT2D eigenvalue weighted by Gasteiger charge is 1.91. The van der Waals surface area contributed by atoms with Gasteiger partial charge in [0.1, 0.15) is 6.67 Å². The van der Waals surface area contributed by atoms with Crippen molar-refractivity contribution in [2.45, 2.75) is 13.0 Å². The maximum atomic E-state index is 11.3. The molecule has 0 aromatic carbocycles. The van der Waals surface area contributed by atoms with Gasteiger partial charge in [0, 0.05) is 13.1 Å². The van der Waals surface area contributed by atoms with Gasteiger partial charge in [0.2, 0.25) is 0 Å². The number of halogens is 1. The minimum atomic E-state index is -0.374. The number of nitrogens with one attached hydrogen (secondary N) is 1. The van der Waals surface area contributed by atoms with Gasteiger partial charge in [0.15, 0.2) is 0 Å². The molecule has 0 heterocycles. The molecule has 0 aliphatic heterocycles. The van der Waals surface area contributed by atoms with Crippen LogP contribution in [0.3, 0.4) is 0 Å². The third-order valence-electron chi connectivity index (χ3n) is 0.711. The van der Waals surface area contributed by atoms with Crippen LogP contribution in [0.4, 0.5) is 4.39 Å². The molecule has 3 heteroatoms. The van der Waals surface area contributed by atoms with Crippen molar-refractivity contribution in [3.05, 3.63) is 0 Å². The molecule has 0 aliphatic carbocycles. The zero-order valence-corrected chi connectivity index (χ0v) is 5.02. The largest absolute Gasteiger partial charge is 0.392 e. The molecule has 50 valence electrons. The van der Waals surface area contributed by atoms with Crippen LogP contribution in [-0.2, 0) is 0 Å². The quantitative estimate of drug-likeness (QED) is 0.510. The van der Waals surface area contributed by atoms with Crippen molar-refractivity contribution in [3.63, 3.8) is 0 Å². The van der Waals surface area contributed by atoms with Crippen LogP contribution in [0.15, 0.2) is 0 Å². The SMILES string of the molecule is C[C@H](O)CNCCF. The van der Waals surface area contributed by atoms with E-state index < -0.39 is 0 Å². The smallest absolute Gasteiger partial charge is 0.102 e. The molecule has 2 nitrogen and oxygen atoms in total. The minimum absolute atomic E-state index is 0.338. The molecule has 0 rings (SSSR count). The highest BCUT2D eigenvalue weighted by Crippen LogP contribution is 1.73. The van der Waals surface area contributed by atoms with E-state index in [2.05, 4.69) is 5.32 Å². The van der Waals surface area contributed by atoms with Crippen LogP contribution in [-0.4, -0.2) is 31.0 Å². The first-order chi connectivity index (χ1) is 3.77. The molecular weight excluding hydrogens is 109 g/mol. The van der Waals surface area contributed by atoms with Gasteiger partial charge >= 0.3 is 0 Å². The van der Waals surface area contributed by atoms with Gasteiger partial charge in [-0.15, -0.1) is 0 Å². The van der Waals surface area contributed by atoms with Crippen molar-refractivity contribution < 1.29 is 9.50 Å². The lowest BCUT2D eigenvalue weighted by Crippen LogP contribution is -2.25. The maximum Gasteiger partial charge on any atom is 0.102 e. The highest BCUT2D eigenvalue weighted by atomic mass is 19.1. The molecule has 0 fully saturated rings. The van der Waals surface area contributed by atoms with E-state index in [1.807, 2.05) is 0 Å². The minimum Gasteiger partial charge on any atom is -0.392 e. The van der Waals surface area contributed by atoms with Crippen LogP contribution in [0.1, 0.15) is 6.92 Å². The summed E-state index contributed by atoms with van der Waals surface area (Å²) in [7, 11) is 0. The average molecular weight is 121 g/mol. The normalized spacial score (nSPS) is 13.9. The highest BCUT2D eigenvalue weighted by molar-refractivity contribution is 4.50. The number of hydrogen-bond acceptors (Lipinski definition) is 2. The molecule has 0 saturated heterocycles. The van der Waals surface area contributed by atoms with E-state index in [0.717, 1.165) is 0 Å². The Bertz CT molecular complexity index is 49.7. The van der Waals surface area contributed by atoms with E-state index in [-0.39, 0.29) is 12.8 Å². The zero-order chi connectivity index (χ0) is 6.41. The summed E-state index contributed by atoms with van der Waals surface area (Å²) in [6.07, 6.45) is -0.374. The van der Waals surface area contributed by atoms with Crippen molar-refractivity contribution in [1.82, 2.24) is 5.32 Å². The number of alkyl halides is 1. The maximum absolute atomic E-state index is 11.3. The van der Waals surface area contributed by atoms with Gasteiger partial charge < -0.3 is 10.4 Å². The third-order valence-corrected chi connectivity index (χ3v) is 0.711. The predicted octanol–water partition coefficient (Wildman–Crippen LogP) is -0.0737. The summed E-state index contributed by atoms with van der Waals surface area (Å²) in [5.74, 6) is 0. The Morgan fingerprint density at radius 3 is 2.75 bits per heavy atom. The van der Waals surface area contributed by atoms with Gasteiger partial charge in [-0.2, -0.15) is 0 Å². The number of rotatable bonds is 4. The summed E-state index contributed by atoms with van der Waals surface area (Å²) >= 11 is 0. The van der Waals surface area contributed by atoms with Gasteiger partial charge in [-0.3, -0.25) is 0 Å². The fourth-order valence-electron chi connectivity index (χ4n) is 0.378. The average Bonchev–Trinajstić information content (AvgIpc) is 1.66. The number of aliphatic hydroxyl groups excluding tert-OH is 1. The Labute approximate surface area is 48.7 Å². The Kier molecular flexibility index (Phi) is 4.90. The second-order valence-corrected chi connectivity index (χ2v) is 1.74. The van der Waals surface area contributed by atoms with Crippen LogP contribution in [0, 0.1) is 0 Å². The second-order valence-electron chi connectivity index (χ2n) is 1.74. The molecule has 0 bridgehead atoms. The molecule has 0 aromatic heterocycles. The lowest BCUT2D eigenvalue weighted by Gasteiger charge is -2.02. The van der Waals surface area contributed by atoms with Crippen LogP contribution >= 0.6 is 0 Å². The van der Waals surface area contributed by atoms with E-state index in [1.54, 1.807) is 6.92 Å². The van der Waals surface area contributed by atoms with Crippen molar-refractivity contribution in [3.8, 4) is 0 Å². The first-order valence-electron chi connectivity index (χ1n) is 2.72. The first-order valence-corrected chi connectivity index (χ1v) is 2.72. The topological polar surface area (TPSA) is 32.3 Å². The monoisotopic (exact) mass is 121 g/mol. The van der Waals surface area contributed by atoms with E-state index in [0.29, 0.717) is 13.1 Å². The van der Waals surface area contributed by atoms with E-state index >= 15 is 0 Å². The molecule has 0 saturated carbocycles. The lowest BCUT2D eigenvalue weighted by atomic mass is 10.4. The van der Waals surface area contributed by atoms with Gasteiger partial charge in [-0.05, 0) is 6.92 Å². The summed E-state index contributed by atoms with van der Waals surface area (Å²) in [6.45, 7) is 2.10. The van der Waals surface area contributed by atoms with Crippen LogP contribution < -0.4 is 5.32 Å². The fourth-order valence-corrected chi connectivity index (χ4v) is 0.378. The summed E-state index contributed by atoms with van der Waals surface area (Å²) < 4.78 is 11.3. The van der Waals surface area contributed by atoms with Crippen molar-refractivity contribution in [1.29, 1.82) is 0 Å². The van der Waals surface area contributed by atoms with Crippen molar-refractivity contribution in [2.75, 3.05) is 19.8 Å². The number of hydrogen-bond donors (Lipinski definition) is 2. The Balaban J connectivity index is 2.72. The predicted molar refractivity (Wildman–Crippen MR) is 30.5 cm³/mol. The summed E-state index contributed by atoms with van der Waals surface area (Å²) in [4.78, 5) is 0. The van der Waals surface area contributed by atoms with Crippen LogP contribution in [0.5, 0.6) is 0 Å². The first kappa shape index (κ1) is 7.85. The van der Waals surface area contributed by atoms with E-state index in [1.165, 1.54) is 0 Å². The molecule has 0 aliphatic rings. The molecular formula is C5H12FNO. The van der Waals surface area contributed by atoms with Crippen molar-refractivity contribution in [2.24, 2.45) is 0 Å². The van der Waals surface area contributed by atoms with Gasteiger partial charge in [0.25, 0.3) is 0 Å².